The van der Waals surface area contributed by atoms with Gasteiger partial charge in [0.05, 0.1) is 28.1 Å². The number of benzene rings is 1. The van der Waals surface area contributed by atoms with E-state index in [9.17, 15) is 0 Å². The van der Waals surface area contributed by atoms with Gasteiger partial charge >= 0.3 is 0 Å². The van der Waals surface area contributed by atoms with Crippen LogP contribution < -0.4 is 0 Å². The van der Waals surface area contributed by atoms with Crippen molar-refractivity contribution in [1.82, 2.24) is 14.5 Å². The van der Waals surface area contributed by atoms with Crippen LogP contribution in [-0.4, -0.2) is 14.5 Å². The fourth-order valence-corrected chi connectivity index (χ4v) is 2.84. The number of halogens is 1. The van der Waals surface area contributed by atoms with E-state index in [1.165, 1.54) is 4.88 Å². The Kier molecular flexibility index (Phi) is 2.74. The van der Waals surface area contributed by atoms with Crippen LogP contribution in [0.15, 0.2) is 29.9 Å². The molecule has 0 radical (unpaired) electrons. The highest BCUT2D eigenvalue weighted by molar-refractivity contribution is 7.71. The lowest BCUT2D eigenvalue weighted by Crippen LogP contribution is -1.97. The largest absolute Gasteiger partial charge is 0.329 e. The molecule has 17 heavy (non-hydrogen) atoms. The van der Waals surface area contributed by atoms with E-state index in [4.69, 9.17) is 23.8 Å². The van der Waals surface area contributed by atoms with Gasteiger partial charge < -0.3 is 9.55 Å². The van der Waals surface area contributed by atoms with Crippen molar-refractivity contribution in [2.24, 2.45) is 0 Å². The molecule has 0 spiro atoms. The summed E-state index contributed by atoms with van der Waals surface area (Å²) in [4.78, 5) is 8.37. The van der Waals surface area contributed by atoms with E-state index >= 15 is 0 Å². The number of aromatic amines is 1. The molecule has 0 fully saturated rings. The molecule has 0 amide bonds. The molecular weight excluding hydrogens is 274 g/mol. The molecule has 1 N–H and O–H groups in total. The van der Waals surface area contributed by atoms with Crippen LogP contribution in [0.4, 0.5) is 0 Å². The van der Waals surface area contributed by atoms with E-state index < -0.39 is 0 Å². The average molecular weight is 282 g/mol. The number of hydrogen-bond acceptors (Lipinski definition) is 3. The summed E-state index contributed by atoms with van der Waals surface area (Å²) in [6.45, 7) is 0.726. The SMILES string of the molecule is S=c1[nH]c2c(Cl)cccc2n1Cc1cncs1. The van der Waals surface area contributed by atoms with Crippen LogP contribution in [0.2, 0.25) is 5.02 Å². The molecule has 0 unspecified atom stereocenters. The lowest BCUT2D eigenvalue weighted by atomic mass is 10.3. The van der Waals surface area contributed by atoms with Crippen molar-refractivity contribution >= 4 is 46.2 Å². The van der Waals surface area contributed by atoms with Crippen LogP contribution in [0.5, 0.6) is 0 Å². The molecule has 0 bridgehead atoms. The van der Waals surface area contributed by atoms with E-state index in [0.717, 1.165) is 17.6 Å². The standard InChI is InChI=1S/C11H8ClN3S2/c12-8-2-1-3-9-10(8)14-11(16)15(9)5-7-4-13-6-17-7/h1-4,6H,5H2,(H,14,16). The Hall–Kier alpha value is -1.17. The maximum atomic E-state index is 6.12. The second-order valence-corrected chi connectivity index (χ2v) is 5.38. The normalized spacial score (nSPS) is 11.1. The topological polar surface area (TPSA) is 33.6 Å². The molecule has 0 aliphatic rings. The van der Waals surface area contributed by atoms with Crippen molar-refractivity contribution in [2.75, 3.05) is 0 Å². The van der Waals surface area contributed by atoms with Crippen LogP contribution in [0.3, 0.4) is 0 Å². The van der Waals surface area contributed by atoms with E-state index in [1.807, 2.05) is 34.5 Å². The molecule has 3 rings (SSSR count). The molecule has 2 heterocycles. The highest BCUT2D eigenvalue weighted by Crippen LogP contribution is 2.23. The molecule has 2 aromatic heterocycles. The summed E-state index contributed by atoms with van der Waals surface area (Å²) < 4.78 is 2.71. The van der Waals surface area contributed by atoms with Gasteiger partial charge in [-0.05, 0) is 24.4 Å². The molecule has 0 saturated heterocycles. The van der Waals surface area contributed by atoms with Crippen LogP contribution in [0.1, 0.15) is 4.88 Å². The lowest BCUT2D eigenvalue weighted by molar-refractivity contribution is 0.821. The van der Waals surface area contributed by atoms with Gasteiger partial charge in [0.15, 0.2) is 4.77 Å². The highest BCUT2D eigenvalue weighted by Gasteiger charge is 2.07. The molecule has 0 saturated carbocycles. The second kappa shape index (κ2) is 4.25. The minimum atomic E-state index is 0.682. The minimum Gasteiger partial charge on any atom is -0.329 e. The molecule has 3 aromatic rings. The molecule has 0 aliphatic heterocycles. The summed E-state index contributed by atoms with van der Waals surface area (Å²) in [5, 5.41) is 0.691. The number of nitrogens with zero attached hydrogens (tertiary/aromatic N) is 2. The zero-order valence-electron chi connectivity index (χ0n) is 8.68. The Morgan fingerprint density at radius 3 is 3.12 bits per heavy atom. The predicted octanol–water partition coefficient (Wildman–Crippen LogP) is 3.86. The Balaban J connectivity index is 2.19. The lowest BCUT2D eigenvalue weighted by Gasteiger charge is -2.01. The van der Waals surface area contributed by atoms with E-state index in [0.29, 0.717) is 9.79 Å². The van der Waals surface area contributed by atoms with Gasteiger partial charge in [-0.2, -0.15) is 0 Å². The Labute approximate surface area is 112 Å². The monoisotopic (exact) mass is 281 g/mol. The quantitative estimate of drug-likeness (QED) is 0.724. The molecule has 0 atom stereocenters. The van der Waals surface area contributed by atoms with Crippen molar-refractivity contribution in [3.8, 4) is 0 Å². The number of aromatic nitrogens is 3. The van der Waals surface area contributed by atoms with Crippen molar-refractivity contribution in [3.63, 3.8) is 0 Å². The third-order valence-corrected chi connectivity index (χ3v) is 3.96. The molecule has 0 aliphatic carbocycles. The van der Waals surface area contributed by atoms with Gasteiger partial charge in [0, 0.05) is 11.1 Å². The van der Waals surface area contributed by atoms with E-state index in [2.05, 4.69) is 9.97 Å². The number of nitrogens with one attached hydrogen (secondary N) is 1. The van der Waals surface area contributed by atoms with Crippen molar-refractivity contribution in [1.29, 1.82) is 0 Å². The molecule has 3 nitrogen and oxygen atoms in total. The van der Waals surface area contributed by atoms with Gasteiger partial charge in [-0.3, -0.25) is 4.98 Å². The molecule has 86 valence electrons. The summed E-state index contributed by atoms with van der Waals surface area (Å²) in [6, 6.07) is 5.79. The molecular formula is C11H8ClN3S2. The average Bonchev–Trinajstić information content (AvgIpc) is 2.91. The summed E-state index contributed by atoms with van der Waals surface area (Å²) in [5.41, 5.74) is 3.74. The van der Waals surface area contributed by atoms with E-state index in [-0.39, 0.29) is 0 Å². The number of rotatable bonds is 2. The Morgan fingerprint density at radius 2 is 2.35 bits per heavy atom. The highest BCUT2D eigenvalue weighted by atomic mass is 35.5. The maximum Gasteiger partial charge on any atom is 0.178 e. The second-order valence-electron chi connectivity index (χ2n) is 3.62. The fraction of sp³-hybridized carbons (Fsp3) is 0.0909. The summed E-state index contributed by atoms with van der Waals surface area (Å²) in [6.07, 6.45) is 1.86. The predicted molar refractivity (Wildman–Crippen MR) is 73.3 cm³/mol. The first-order chi connectivity index (χ1) is 8.25. The number of imidazole rings is 1. The molecule has 1 aromatic carbocycles. The fourth-order valence-electron chi connectivity index (χ4n) is 1.78. The van der Waals surface area contributed by atoms with Crippen LogP contribution in [-0.2, 0) is 6.54 Å². The third-order valence-electron chi connectivity index (χ3n) is 2.56. The number of hydrogen-bond donors (Lipinski definition) is 1. The van der Waals surface area contributed by atoms with Gasteiger partial charge in [-0.25, -0.2) is 0 Å². The van der Waals surface area contributed by atoms with Crippen molar-refractivity contribution in [2.45, 2.75) is 6.54 Å². The maximum absolute atomic E-state index is 6.12. The number of H-pyrrole nitrogens is 1. The first kappa shape index (κ1) is 11.0. The van der Waals surface area contributed by atoms with Gasteiger partial charge in [0.25, 0.3) is 0 Å². The summed E-state index contributed by atoms with van der Waals surface area (Å²) in [7, 11) is 0. The van der Waals surface area contributed by atoms with Crippen molar-refractivity contribution in [3.05, 3.63) is 44.6 Å². The Bertz CT molecular complexity index is 712. The molecule has 6 heteroatoms. The number of thiazole rings is 1. The van der Waals surface area contributed by atoms with Gasteiger partial charge in [0.1, 0.15) is 0 Å². The van der Waals surface area contributed by atoms with Gasteiger partial charge in [-0.1, -0.05) is 17.7 Å². The minimum absolute atomic E-state index is 0.682. The van der Waals surface area contributed by atoms with Gasteiger partial charge in [0.2, 0.25) is 0 Å². The van der Waals surface area contributed by atoms with Crippen molar-refractivity contribution < 1.29 is 0 Å². The summed E-state index contributed by atoms with van der Waals surface area (Å²) >= 11 is 13.1. The van der Waals surface area contributed by atoms with Crippen LogP contribution in [0.25, 0.3) is 11.0 Å². The van der Waals surface area contributed by atoms with Crippen LogP contribution >= 0.6 is 35.2 Å². The number of fused-ring (bicyclic) bond motifs is 1. The first-order valence-electron chi connectivity index (χ1n) is 5.00. The first-order valence-corrected chi connectivity index (χ1v) is 6.66. The smallest absolute Gasteiger partial charge is 0.178 e. The third kappa shape index (κ3) is 1.90. The van der Waals surface area contributed by atoms with E-state index in [1.54, 1.807) is 11.3 Å². The summed E-state index contributed by atoms with van der Waals surface area (Å²) in [5.74, 6) is 0. The number of para-hydroxylation sites is 1. The van der Waals surface area contributed by atoms with Crippen LogP contribution in [0, 0.1) is 4.77 Å². The zero-order chi connectivity index (χ0) is 11.8. The zero-order valence-corrected chi connectivity index (χ0v) is 11.1. The Morgan fingerprint density at radius 1 is 1.47 bits per heavy atom. The van der Waals surface area contributed by atoms with Gasteiger partial charge in [-0.15, -0.1) is 11.3 Å².